The van der Waals surface area contributed by atoms with E-state index in [0.29, 0.717) is 6.61 Å². The summed E-state index contributed by atoms with van der Waals surface area (Å²) in [5.41, 5.74) is 1.12. The Morgan fingerprint density at radius 1 is 1.00 bits per heavy atom. The molecule has 0 aliphatic heterocycles. The summed E-state index contributed by atoms with van der Waals surface area (Å²) in [6.45, 7) is 0.563. The van der Waals surface area contributed by atoms with E-state index in [1.165, 1.54) is 16.3 Å². The zero-order valence-electron chi connectivity index (χ0n) is 10.2. The van der Waals surface area contributed by atoms with Crippen LogP contribution in [0, 0.1) is 6.07 Å². The van der Waals surface area contributed by atoms with Gasteiger partial charge in [-0.05, 0) is 17.7 Å². The van der Waals surface area contributed by atoms with Crippen molar-refractivity contribution in [1.82, 2.24) is 0 Å². The van der Waals surface area contributed by atoms with Crippen molar-refractivity contribution >= 4 is 13.6 Å². The summed E-state index contributed by atoms with van der Waals surface area (Å²) >= 11 is 4.25. The van der Waals surface area contributed by atoms with Gasteiger partial charge in [0.05, 0.1) is 7.11 Å². The molecule has 4 heteroatoms. The summed E-state index contributed by atoms with van der Waals surface area (Å²) in [6, 6.07) is 18.3. The molecule has 2 aromatic rings. The van der Waals surface area contributed by atoms with E-state index < -0.39 is 0 Å². The van der Waals surface area contributed by atoms with Gasteiger partial charge in [0.25, 0.3) is 0 Å². The minimum atomic E-state index is 0.563. The molecule has 0 spiro atoms. The topological polar surface area (TPSA) is 18.5 Å². The maximum atomic E-state index is 5.60. The summed E-state index contributed by atoms with van der Waals surface area (Å²) in [6.07, 6.45) is 0. The van der Waals surface area contributed by atoms with Crippen LogP contribution in [0.4, 0.5) is 0 Å². The van der Waals surface area contributed by atoms with Crippen molar-refractivity contribution in [1.29, 1.82) is 0 Å². The molecular formula is C14H13BrO2Zn. The fourth-order valence-corrected chi connectivity index (χ4v) is 1.36. The van der Waals surface area contributed by atoms with Gasteiger partial charge in [0, 0.05) is 5.75 Å². The first kappa shape index (κ1) is 15.2. The second kappa shape index (κ2) is 9.12. The Hall–Kier alpha value is -0.857. The molecule has 0 unspecified atom stereocenters. The molecule has 2 rings (SSSR count). The predicted octanol–water partition coefficient (Wildman–Crippen LogP) is 3.92. The van der Waals surface area contributed by atoms with Crippen molar-refractivity contribution in [2.75, 3.05) is 7.11 Å². The standard InChI is InChI=1S/C14H13O2.BrH.Zn/c1-15-13-9-7-12(8-10-13)11-16-14-5-3-2-4-6-14;;/h3-10H,11H2,1H3;1H;/q-1;;+2/p-1. The zero-order chi connectivity index (χ0) is 13.2. The second-order valence-electron chi connectivity index (χ2n) is 3.37. The van der Waals surface area contributed by atoms with Gasteiger partial charge >= 0.3 is 30.0 Å². The number of halogens is 1. The molecule has 0 heterocycles. The molecule has 18 heavy (non-hydrogen) atoms. The van der Waals surface area contributed by atoms with Crippen LogP contribution in [-0.4, -0.2) is 7.11 Å². The molecule has 0 fully saturated rings. The van der Waals surface area contributed by atoms with Crippen LogP contribution < -0.4 is 9.47 Å². The van der Waals surface area contributed by atoms with Crippen molar-refractivity contribution in [2.45, 2.75) is 6.61 Å². The summed E-state index contributed by atoms with van der Waals surface area (Å²) in [4.78, 5) is 0. The van der Waals surface area contributed by atoms with E-state index in [9.17, 15) is 0 Å². The third-order valence-electron chi connectivity index (χ3n) is 2.25. The summed E-state index contributed by atoms with van der Waals surface area (Å²) < 4.78 is 10.7. The summed E-state index contributed by atoms with van der Waals surface area (Å²) in [7, 11) is 1.66. The number of methoxy groups -OCH3 is 1. The monoisotopic (exact) mass is 356 g/mol. The minimum absolute atomic E-state index is 0.563. The summed E-state index contributed by atoms with van der Waals surface area (Å²) in [5.74, 6) is 1.72. The molecule has 0 aliphatic rings. The van der Waals surface area contributed by atoms with E-state index in [0.717, 1.165) is 17.1 Å². The first-order valence-electron chi connectivity index (χ1n) is 5.37. The van der Waals surface area contributed by atoms with Crippen molar-refractivity contribution in [3.63, 3.8) is 0 Å². The average molecular weight is 359 g/mol. The SMILES string of the molecule is COc1ccc(COc2cc[c-]cc2)cc1.[Zn+][Br]. The van der Waals surface area contributed by atoms with E-state index in [1.807, 2.05) is 48.5 Å². The third kappa shape index (κ3) is 5.20. The third-order valence-corrected chi connectivity index (χ3v) is 2.25. The van der Waals surface area contributed by atoms with Gasteiger partial charge in [-0.15, -0.1) is 12.1 Å². The quantitative estimate of drug-likeness (QED) is 0.609. The molecule has 0 aromatic heterocycles. The van der Waals surface area contributed by atoms with E-state index >= 15 is 0 Å². The van der Waals surface area contributed by atoms with Gasteiger partial charge in [0.1, 0.15) is 12.4 Å². The van der Waals surface area contributed by atoms with E-state index in [-0.39, 0.29) is 0 Å². The average Bonchev–Trinajstić information content (AvgIpc) is 2.49. The molecule has 0 aliphatic carbocycles. The zero-order valence-corrected chi connectivity index (χ0v) is 14.8. The Morgan fingerprint density at radius 2 is 1.61 bits per heavy atom. The Labute approximate surface area is 124 Å². The normalized spacial score (nSPS) is 9.11. The molecule has 0 saturated heterocycles. The molecule has 0 bridgehead atoms. The van der Waals surface area contributed by atoms with Crippen LogP contribution in [0.25, 0.3) is 0 Å². The number of ether oxygens (including phenoxy) is 2. The number of benzene rings is 2. The van der Waals surface area contributed by atoms with Gasteiger partial charge in [0.15, 0.2) is 0 Å². The van der Waals surface area contributed by atoms with E-state index in [4.69, 9.17) is 9.47 Å². The Bertz CT molecular complexity index is 431. The van der Waals surface area contributed by atoms with Crippen LogP contribution in [0.15, 0.2) is 48.5 Å². The van der Waals surface area contributed by atoms with Gasteiger partial charge < -0.3 is 9.47 Å². The van der Waals surface area contributed by atoms with Crippen LogP contribution in [0.3, 0.4) is 0 Å². The van der Waals surface area contributed by atoms with E-state index in [2.05, 4.69) is 19.7 Å². The van der Waals surface area contributed by atoms with Gasteiger partial charge in [-0.1, -0.05) is 12.1 Å². The molecular weight excluding hydrogens is 345 g/mol. The molecule has 2 aromatic carbocycles. The van der Waals surface area contributed by atoms with Crippen LogP contribution in [-0.2, 0) is 22.9 Å². The van der Waals surface area contributed by atoms with Crippen LogP contribution in [0.2, 0.25) is 0 Å². The van der Waals surface area contributed by atoms with Gasteiger partial charge in [-0.25, -0.2) is 0 Å². The molecule has 90 valence electrons. The van der Waals surface area contributed by atoms with Crippen LogP contribution >= 0.6 is 13.6 Å². The Balaban J connectivity index is 0.000000771. The molecule has 0 amide bonds. The van der Waals surface area contributed by atoms with Gasteiger partial charge in [0.2, 0.25) is 0 Å². The van der Waals surface area contributed by atoms with Crippen molar-refractivity contribution in [3.8, 4) is 11.5 Å². The first-order chi connectivity index (χ1) is 8.88. The fraction of sp³-hybridized carbons (Fsp3) is 0.143. The predicted molar refractivity (Wildman–Crippen MR) is 71.5 cm³/mol. The summed E-state index contributed by atoms with van der Waals surface area (Å²) in [5, 5.41) is 0. The number of hydrogen-bond acceptors (Lipinski definition) is 2. The van der Waals surface area contributed by atoms with Gasteiger partial charge in [-0.3, -0.25) is 0 Å². The van der Waals surface area contributed by atoms with Gasteiger partial charge in [-0.2, -0.15) is 18.2 Å². The van der Waals surface area contributed by atoms with Crippen molar-refractivity contribution in [3.05, 3.63) is 60.2 Å². The molecule has 2 nitrogen and oxygen atoms in total. The second-order valence-corrected chi connectivity index (χ2v) is 3.37. The maximum absolute atomic E-state index is 5.60. The number of hydrogen-bond donors (Lipinski definition) is 0. The molecule has 0 saturated carbocycles. The van der Waals surface area contributed by atoms with Crippen LogP contribution in [0.5, 0.6) is 11.5 Å². The van der Waals surface area contributed by atoms with E-state index in [1.54, 1.807) is 7.11 Å². The fourth-order valence-electron chi connectivity index (χ4n) is 1.36. The molecule has 0 N–H and O–H groups in total. The molecule has 0 atom stereocenters. The number of rotatable bonds is 4. The first-order valence-corrected chi connectivity index (χ1v) is 12.3. The van der Waals surface area contributed by atoms with Crippen LogP contribution in [0.1, 0.15) is 5.56 Å². The molecule has 0 radical (unpaired) electrons. The van der Waals surface area contributed by atoms with Crippen molar-refractivity contribution < 1.29 is 25.8 Å². The Kier molecular flexibility index (Phi) is 7.71. The Morgan fingerprint density at radius 3 is 2.17 bits per heavy atom. The van der Waals surface area contributed by atoms with Crippen molar-refractivity contribution in [2.24, 2.45) is 0 Å².